The van der Waals surface area contributed by atoms with E-state index in [1.165, 1.54) is 12.1 Å². The van der Waals surface area contributed by atoms with Crippen LogP contribution in [-0.4, -0.2) is 17.6 Å². The molecule has 0 saturated carbocycles. The van der Waals surface area contributed by atoms with Crippen LogP contribution in [0.15, 0.2) is 53.1 Å². The van der Waals surface area contributed by atoms with Crippen LogP contribution in [0.1, 0.15) is 32.9 Å². The zero-order valence-corrected chi connectivity index (χ0v) is 15.3. The lowest BCUT2D eigenvalue weighted by molar-refractivity contribution is 0.0953. The summed E-state index contributed by atoms with van der Waals surface area (Å²) in [6.45, 7) is 4.50. The van der Waals surface area contributed by atoms with Crippen molar-refractivity contribution < 1.29 is 18.4 Å². The van der Waals surface area contributed by atoms with E-state index in [1.54, 1.807) is 36.4 Å². The van der Waals surface area contributed by atoms with Gasteiger partial charge in [0.25, 0.3) is 5.91 Å². The normalized spacial score (nSPS) is 10.6. The van der Waals surface area contributed by atoms with Gasteiger partial charge in [0.05, 0.1) is 11.3 Å². The molecule has 5 nitrogen and oxygen atoms in total. The minimum atomic E-state index is -0.267. The molecule has 0 fully saturated rings. The number of amides is 1. The van der Waals surface area contributed by atoms with Crippen LogP contribution in [-0.2, 0) is 13.0 Å². The molecular weight excluding hydrogens is 347 g/mol. The second-order valence-electron chi connectivity index (χ2n) is 6.25. The maximum atomic E-state index is 12.9. The summed E-state index contributed by atoms with van der Waals surface area (Å²) in [5.74, 6) is 0.875. The van der Waals surface area contributed by atoms with Crippen molar-refractivity contribution in [3.05, 3.63) is 82.5 Å². The van der Waals surface area contributed by atoms with Gasteiger partial charge in [-0.3, -0.25) is 4.79 Å². The minimum absolute atomic E-state index is 0.181. The van der Waals surface area contributed by atoms with Gasteiger partial charge in [0, 0.05) is 12.1 Å². The zero-order valence-electron chi connectivity index (χ0n) is 15.3. The van der Waals surface area contributed by atoms with Gasteiger partial charge in [-0.25, -0.2) is 4.39 Å². The van der Waals surface area contributed by atoms with Crippen LogP contribution in [0.5, 0.6) is 5.75 Å². The van der Waals surface area contributed by atoms with E-state index in [2.05, 4.69) is 10.5 Å². The monoisotopic (exact) mass is 368 g/mol. The number of carbonyl (C=O) groups excluding carboxylic acids is 1. The Labute approximate surface area is 157 Å². The Kier molecular flexibility index (Phi) is 5.86. The van der Waals surface area contributed by atoms with Gasteiger partial charge in [-0.05, 0) is 56.2 Å². The number of hydrogen-bond donors (Lipinski definition) is 1. The molecule has 1 aromatic heterocycles. The van der Waals surface area contributed by atoms with Gasteiger partial charge < -0.3 is 14.6 Å². The fourth-order valence-corrected chi connectivity index (χ4v) is 2.66. The number of nitrogens with one attached hydrogen (secondary N) is 1. The number of halogens is 1. The second kappa shape index (κ2) is 8.49. The molecule has 0 aliphatic rings. The van der Waals surface area contributed by atoms with E-state index in [4.69, 9.17) is 9.26 Å². The number of nitrogens with zero attached hydrogens (tertiary/aromatic N) is 1. The van der Waals surface area contributed by atoms with Crippen LogP contribution in [0, 0.1) is 19.7 Å². The Morgan fingerprint density at radius 2 is 1.96 bits per heavy atom. The SMILES string of the molecule is Cc1noc(C)c1COc1cccc(C(=O)NCCc2ccc(F)cc2)c1. The molecule has 0 aliphatic heterocycles. The molecule has 1 heterocycles. The Hall–Kier alpha value is -3.15. The van der Waals surface area contributed by atoms with E-state index in [-0.39, 0.29) is 11.7 Å². The van der Waals surface area contributed by atoms with E-state index < -0.39 is 0 Å². The Bertz CT molecular complexity index is 900. The quantitative estimate of drug-likeness (QED) is 0.685. The lowest BCUT2D eigenvalue weighted by Gasteiger charge is -2.09. The summed E-state index contributed by atoms with van der Waals surface area (Å²) in [5.41, 5.74) is 3.19. The molecule has 3 aromatic rings. The minimum Gasteiger partial charge on any atom is -0.489 e. The standard InChI is InChI=1S/C21H21FN2O3/c1-14-20(15(2)27-24-14)13-26-19-5-3-4-17(12-19)21(25)23-11-10-16-6-8-18(22)9-7-16/h3-9,12H,10-11,13H2,1-2H3,(H,23,25). The average Bonchev–Trinajstić information content (AvgIpc) is 2.99. The average molecular weight is 368 g/mol. The van der Waals surface area contributed by atoms with E-state index in [1.807, 2.05) is 13.8 Å². The summed E-state index contributed by atoms with van der Waals surface area (Å²) in [6, 6.07) is 13.3. The summed E-state index contributed by atoms with van der Waals surface area (Å²) in [4.78, 5) is 12.3. The van der Waals surface area contributed by atoms with Crippen LogP contribution in [0.25, 0.3) is 0 Å². The largest absolute Gasteiger partial charge is 0.489 e. The number of aromatic nitrogens is 1. The third-order valence-electron chi connectivity index (χ3n) is 4.27. The fourth-order valence-electron chi connectivity index (χ4n) is 2.66. The topological polar surface area (TPSA) is 64.4 Å². The Morgan fingerprint density at radius 3 is 2.67 bits per heavy atom. The highest BCUT2D eigenvalue weighted by Crippen LogP contribution is 2.18. The van der Waals surface area contributed by atoms with Crippen LogP contribution in [0.2, 0.25) is 0 Å². The van der Waals surface area contributed by atoms with Crippen molar-refractivity contribution in [2.24, 2.45) is 0 Å². The summed E-state index contributed by atoms with van der Waals surface area (Å²) >= 11 is 0. The Morgan fingerprint density at radius 1 is 1.19 bits per heavy atom. The summed E-state index contributed by atoms with van der Waals surface area (Å²) in [6.07, 6.45) is 0.633. The third kappa shape index (κ3) is 4.94. The number of ether oxygens (including phenoxy) is 1. The van der Waals surface area contributed by atoms with Crippen LogP contribution < -0.4 is 10.1 Å². The molecule has 27 heavy (non-hydrogen) atoms. The lowest BCUT2D eigenvalue weighted by atomic mass is 10.1. The molecule has 0 unspecified atom stereocenters. The molecule has 0 atom stereocenters. The fraction of sp³-hybridized carbons (Fsp3) is 0.238. The molecule has 2 aromatic carbocycles. The van der Waals surface area contributed by atoms with E-state index in [9.17, 15) is 9.18 Å². The van der Waals surface area contributed by atoms with Crippen molar-refractivity contribution in [1.82, 2.24) is 10.5 Å². The molecule has 0 spiro atoms. The molecule has 1 N–H and O–H groups in total. The highest BCUT2D eigenvalue weighted by atomic mass is 19.1. The van der Waals surface area contributed by atoms with Crippen LogP contribution >= 0.6 is 0 Å². The van der Waals surface area contributed by atoms with Gasteiger partial charge in [0.15, 0.2) is 0 Å². The predicted octanol–water partition coefficient (Wildman–Crippen LogP) is 3.98. The molecule has 0 bridgehead atoms. The van der Waals surface area contributed by atoms with Crippen molar-refractivity contribution in [2.45, 2.75) is 26.9 Å². The number of aryl methyl sites for hydroxylation is 2. The number of hydrogen-bond acceptors (Lipinski definition) is 4. The Balaban J connectivity index is 1.54. The van der Waals surface area contributed by atoms with Crippen molar-refractivity contribution in [3.8, 4) is 5.75 Å². The first-order chi connectivity index (χ1) is 13.0. The van der Waals surface area contributed by atoms with Gasteiger partial charge in [0.1, 0.15) is 23.9 Å². The molecule has 0 aliphatic carbocycles. The number of rotatable bonds is 7. The van der Waals surface area contributed by atoms with Crippen LogP contribution in [0.4, 0.5) is 4.39 Å². The molecule has 140 valence electrons. The molecule has 1 amide bonds. The van der Waals surface area contributed by atoms with Crippen molar-refractivity contribution in [3.63, 3.8) is 0 Å². The number of carbonyl (C=O) groups is 1. The molecular formula is C21H21FN2O3. The highest BCUT2D eigenvalue weighted by Gasteiger charge is 2.11. The third-order valence-corrected chi connectivity index (χ3v) is 4.27. The van der Waals surface area contributed by atoms with E-state index >= 15 is 0 Å². The van der Waals surface area contributed by atoms with Crippen LogP contribution in [0.3, 0.4) is 0 Å². The predicted molar refractivity (Wildman–Crippen MR) is 99.2 cm³/mol. The van der Waals surface area contributed by atoms with Gasteiger partial charge in [-0.2, -0.15) is 0 Å². The second-order valence-corrected chi connectivity index (χ2v) is 6.25. The molecule has 0 saturated heterocycles. The molecule has 0 radical (unpaired) electrons. The van der Waals surface area contributed by atoms with E-state index in [0.717, 1.165) is 22.6 Å². The molecule has 3 rings (SSSR count). The first-order valence-electron chi connectivity index (χ1n) is 8.70. The first-order valence-corrected chi connectivity index (χ1v) is 8.70. The van der Waals surface area contributed by atoms with Crippen molar-refractivity contribution in [1.29, 1.82) is 0 Å². The lowest BCUT2D eigenvalue weighted by Crippen LogP contribution is -2.25. The van der Waals surface area contributed by atoms with Crippen molar-refractivity contribution >= 4 is 5.91 Å². The first kappa shape index (κ1) is 18.6. The summed E-state index contributed by atoms with van der Waals surface area (Å²) in [5, 5.41) is 6.76. The molecule has 6 heteroatoms. The van der Waals surface area contributed by atoms with Crippen molar-refractivity contribution in [2.75, 3.05) is 6.54 Å². The number of benzene rings is 2. The van der Waals surface area contributed by atoms with Gasteiger partial charge in [0.2, 0.25) is 0 Å². The zero-order chi connectivity index (χ0) is 19.2. The van der Waals surface area contributed by atoms with Gasteiger partial charge in [-0.1, -0.05) is 23.4 Å². The van der Waals surface area contributed by atoms with Gasteiger partial charge in [-0.15, -0.1) is 0 Å². The summed E-state index contributed by atoms with van der Waals surface area (Å²) < 4.78 is 23.8. The smallest absolute Gasteiger partial charge is 0.251 e. The summed E-state index contributed by atoms with van der Waals surface area (Å²) in [7, 11) is 0. The maximum Gasteiger partial charge on any atom is 0.251 e. The van der Waals surface area contributed by atoms with Gasteiger partial charge >= 0.3 is 0 Å². The highest BCUT2D eigenvalue weighted by molar-refractivity contribution is 5.94. The maximum absolute atomic E-state index is 12.9. The van der Waals surface area contributed by atoms with E-state index in [0.29, 0.717) is 30.9 Å².